The highest BCUT2D eigenvalue weighted by Crippen LogP contribution is 2.36. The molecule has 33 heavy (non-hydrogen) atoms. The fourth-order valence-corrected chi connectivity index (χ4v) is 4.50. The van der Waals surface area contributed by atoms with Gasteiger partial charge in [0.25, 0.3) is 10.1 Å². The van der Waals surface area contributed by atoms with Crippen LogP contribution in [0.15, 0.2) is 50.5 Å². The molecule has 1 atom stereocenters. The van der Waals surface area contributed by atoms with Gasteiger partial charge in [-0.1, -0.05) is 22.0 Å². The van der Waals surface area contributed by atoms with Crippen LogP contribution in [0.1, 0.15) is 23.5 Å². The van der Waals surface area contributed by atoms with Crippen LogP contribution in [0.25, 0.3) is 0 Å². The number of carbonyl (C=O) groups excluding carboxylic acids is 1. The average molecular weight is 562 g/mol. The number of halogens is 2. The molecule has 2 aromatic rings. The van der Waals surface area contributed by atoms with E-state index in [2.05, 4.69) is 35.4 Å². The molecule has 1 aliphatic rings. The summed E-state index contributed by atoms with van der Waals surface area (Å²) in [4.78, 5) is 21.9. The maximum Gasteiger partial charge on any atom is 0.338 e. The van der Waals surface area contributed by atoms with Gasteiger partial charge in [0.2, 0.25) is 0 Å². The van der Waals surface area contributed by atoms with E-state index in [4.69, 9.17) is 9.47 Å². The van der Waals surface area contributed by atoms with Crippen molar-refractivity contribution in [3.63, 3.8) is 0 Å². The summed E-state index contributed by atoms with van der Waals surface area (Å²) in [6, 6.07) is 3.28. The molecule has 1 aromatic carbocycles. The standard InChI is InChI=1S/C20H21BrFN3O6S2/c1-3-30-20(26)16-15(11-29-7-8-31-33(2,27)28)24-18(19-23-6-9-32-19)25-17(16)13-5-4-12(22)10-14(13)21/h4-6,9-10,17H,3,7-8,11H2,1-2H3,(H,24,25). The van der Waals surface area contributed by atoms with Crippen LogP contribution in [-0.4, -0.2) is 57.9 Å². The molecule has 1 unspecified atom stereocenters. The number of ether oxygens (including phenoxy) is 2. The van der Waals surface area contributed by atoms with Crippen LogP contribution in [0.5, 0.6) is 0 Å². The molecule has 0 saturated heterocycles. The molecule has 1 aromatic heterocycles. The van der Waals surface area contributed by atoms with Crippen LogP contribution in [0.4, 0.5) is 4.39 Å². The molecular formula is C20H21BrFN3O6S2. The third-order valence-corrected chi connectivity index (χ3v) is 6.35. The fourth-order valence-electron chi connectivity index (χ4n) is 2.97. The molecule has 0 fully saturated rings. The van der Waals surface area contributed by atoms with Gasteiger partial charge in [0.1, 0.15) is 11.9 Å². The number of hydrogen-bond donors (Lipinski definition) is 1. The van der Waals surface area contributed by atoms with Crippen LogP contribution in [0.3, 0.4) is 0 Å². The van der Waals surface area contributed by atoms with Gasteiger partial charge in [0, 0.05) is 16.0 Å². The van der Waals surface area contributed by atoms with Crippen molar-refractivity contribution >= 4 is 49.2 Å². The molecule has 1 N–H and O–H groups in total. The first-order valence-electron chi connectivity index (χ1n) is 9.71. The van der Waals surface area contributed by atoms with Gasteiger partial charge < -0.3 is 14.8 Å². The van der Waals surface area contributed by atoms with Gasteiger partial charge in [-0.3, -0.25) is 9.18 Å². The van der Waals surface area contributed by atoms with E-state index >= 15 is 0 Å². The maximum absolute atomic E-state index is 13.7. The Morgan fingerprint density at radius 1 is 1.33 bits per heavy atom. The summed E-state index contributed by atoms with van der Waals surface area (Å²) in [5.74, 6) is -0.649. The molecule has 0 amide bonds. The number of carbonyl (C=O) groups is 1. The van der Waals surface area contributed by atoms with E-state index in [1.807, 2.05) is 0 Å². The number of benzene rings is 1. The predicted molar refractivity (Wildman–Crippen MR) is 124 cm³/mol. The minimum absolute atomic E-state index is 0.0387. The molecule has 1 aliphatic heterocycles. The first kappa shape index (κ1) is 25.4. The molecule has 9 nitrogen and oxygen atoms in total. The van der Waals surface area contributed by atoms with E-state index in [0.717, 1.165) is 6.26 Å². The number of aromatic nitrogens is 1. The van der Waals surface area contributed by atoms with Crippen molar-refractivity contribution in [3.05, 3.63) is 61.9 Å². The summed E-state index contributed by atoms with van der Waals surface area (Å²) >= 11 is 4.70. The Labute approximate surface area is 202 Å². The maximum atomic E-state index is 13.7. The zero-order valence-corrected chi connectivity index (χ0v) is 20.9. The number of esters is 1. The van der Waals surface area contributed by atoms with Gasteiger partial charge >= 0.3 is 5.97 Å². The van der Waals surface area contributed by atoms with E-state index in [1.54, 1.807) is 18.5 Å². The van der Waals surface area contributed by atoms with Crippen molar-refractivity contribution in [2.45, 2.75) is 13.0 Å². The average Bonchev–Trinajstić information content (AvgIpc) is 3.27. The third kappa shape index (κ3) is 6.90. The van der Waals surface area contributed by atoms with Crippen LogP contribution < -0.4 is 5.32 Å². The van der Waals surface area contributed by atoms with Crippen molar-refractivity contribution in [3.8, 4) is 0 Å². The number of aliphatic imine (C=N–C) groups is 1. The highest BCUT2D eigenvalue weighted by molar-refractivity contribution is 9.10. The predicted octanol–water partition coefficient (Wildman–Crippen LogP) is 2.95. The van der Waals surface area contributed by atoms with Gasteiger partial charge in [-0.2, -0.15) is 8.42 Å². The highest BCUT2D eigenvalue weighted by atomic mass is 79.9. The molecule has 0 bridgehead atoms. The second-order valence-electron chi connectivity index (χ2n) is 6.70. The molecule has 0 saturated carbocycles. The molecule has 0 aliphatic carbocycles. The lowest BCUT2D eigenvalue weighted by Gasteiger charge is -2.27. The van der Waals surface area contributed by atoms with Gasteiger partial charge in [0.05, 0.1) is 44.0 Å². The zero-order valence-electron chi connectivity index (χ0n) is 17.7. The summed E-state index contributed by atoms with van der Waals surface area (Å²) < 4.78 is 51.9. The molecular weight excluding hydrogens is 541 g/mol. The zero-order chi connectivity index (χ0) is 24.0. The van der Waals surface area contributed by atoms with Gasteiger partial charge in [-0.05, 0) is 24.6 Å². The summed E-state index contributed by atoms with van der Waals surface area (Å²) in [5.41, 5.74) is 1.11. The largest absolute Gasteiger partial charge is 0.463 e. The van der Waals surface area contributed by atoms with Crippen LogP contribution in [-0.2, 0) is 28.6 Å². The first-order chi connectivity index (χ1) is 15.7. The van der Waals surface area contributed by atoms with Crippen molar-refractivity contribution < 1.29 is 31.3 Å². The van der Waals surface area contributed by atoms with Crippen molar-refractivity contribution in [2.24, 2.45) is 4.99 Å². The van der Waals surface area contributed by atoms with Gasteiger partial charge in [-0.15, -0.1) is 11.3 Å². The minimum atomic E-state index is -3.60. The summed E-state index contributed by atoms with van der Waals surface area (Å²) in [6.07, 6.45) is 2.56. The smallest absolute Gasteiger partial charge is 0.338 e. The number of thiazole rings is 1. The Balaban J connectivity index is 1.98. The van der Waals surface area contributed by atoms with E-state index in [9.17, 15) is 17.6 Å². The van der Waals surface area contributed by atoms with Crippen molar-refractivity contribution in [2.75, 3.05) is 32.7 Å². The van der Waals surface area contributed by atoms with Crippen molar-refractivity contribution in [1.82, 2.24) is 10.3 Å². The normalized spacial score (nSPS) is 16.4. The fraction of sp³-hybridized carbons (Fsp3) is 0.350. The lowest BCUT2D eigenvalue weighted by Crippen LogP contribution is -2.36. The van der Waals surface area contributed by atoms with E-state index < -0.39 is 27.9 Å². The van der Waals surface area contributed by atoms with Crippen LogP contribution in [0.2, 0.25) is 0 Å². The van der Waals surface area contributed by atoms with Gasteiger partial charge in [-0.25, -0.2) is 14.2 Å². The minimum Gasteiger partial charge on any atom is -0.463 e. The van der Waals surface area contributed by atoms with E-state index in [1.165, 1.54) is 29.5 Å². The Kier molecular flexibility index (Phi) is 8.70. The lowest BCUT2D eigenvalue weighted by atomic mass is 9.95. The molecule has 13 heteroatoms. The summed E-state index contributed by atoms with van der Waals surface area (Å²) in [7, 11) is -3.60. The van der Waals surface area contributed by atoms with E-state index in [-0.39, 0.29) is 32.0 Å². The van der Waals surface area contributed by atoms with Crippen molar-refractivity contribution in [1.29, 1.82) is 0 Å². The van der Waals surface area contributed by atoms with Crippen LogP contribution in [0, 0.1) is 5.82 Å². The Bertz CT molecular complexity index is 1170. The monoisotopic (exact) mass is 561 g/mol. The number of amidine groups is 1. The molecule has 178 valence electrons. The second kappa shape index (κ2) is 11.3. The number of nitrogens with zero attached hydrogens (tertiary/aromatic N) is 2. The number of rotatable bonds is 10. The summed E-state index contributed by atoms with van der Waals surface area (Å²) in [5, 5.41) is 5.45. The number of nitrogens with one attached hydrogen (secondary N) is 1. The molecule has 0 spiro atoms. The van der Waals surface area contributed by atoms with E-state index in [0.29, 0.717) is 26.6 Å². The Hall–Kier alpha value is -2.19. The first-order valence-corrected chi connectivity index (χ1v) is 13.2. The molecule has 2 heterocycles. The topological polar surface area (TPSA) is 116 Å². The SMILES string of the molecule is CCOC(=O)C1=C(COCCOS(C)(=O)=O)NC(c2nccs2)=NC1c1ccc(F)cc1Br. The Morgan fingerprint density at radius 3 is 2.76 bits per heavy atom. The second-order valence-corrected chi connectivity index (χ2v) is 10.1. The summed E-state index contributed by atoms with van der Waals surface area (Å²) in [6.45, 7) is 1.52. The van der Waals surface area contributed by atoms with Gasteiger partial charge in [0.15, 0.2) is 10.8 Å². The highest BCUT2D eigenvalue weighted by Gasteiger charge is 2.34. The molecule has 3 rings (SSSR count). The Morgan fingerprint density at radius 2 is 2.12 bits per heavy atom. The quantitative estimate of drug-likeness (QED) is 0.267. The molecule has 0 radical (unpaired) electrons. The number of hydrogen-bond acceptors (Lipinski definition) is 10. The van der Waals surface area contributed by atoms with Crippen LogP contribution >= 0.6 is 27.3 Å². The lowest BCUT2D eigenvalue weighted by molar-refractivity contribution is -0.139. The third-order valence-electron chi connectivity index (χ3n) is 4.28.